The second-order valence-corrected chi connectivity index (χ2v) is 6.89. The second kappa shape index (κ2) is 5.66. The van der Waals surface area contributed by atoms with Crippen LogP contribution >= 0.6 is 46.3 Å². The fourth-order valence-electron chi connectivity index (χ4n) is 1.62. The Labute approximate surface area is 124 Å². The van der Waals surface area contributed by atoms with Gasteiger partial charge in [-0.1, -0.05) is 23.2 Å². The molecule has 0 N–H and O–H groups in total. The number of aryl methyl sites for hydroxylation is 1. The molecule has 1 heterocycles. The largest absolute Gasteiger partial charge is 0.288 e. The van der Waals surface area contributed by atoms with E-state index in [4.69, 9.17) is 23.2 Å². The topological polar surface area (TPSA) is 17.1 Å². The minimum atomic E-state index is -0.0506. The molecular weight excluding hydrogens is 307 g/mol. The number of ketones is 1. The van der Waals surface area contributed by atoms with Crippen molar-refractivity contribution in [2.45, 2.75) is 11.1 Å². The molecule has 0 aliphatic rings. The van der Waals surface area contributed by atoms with Gasteiger partial charge in [-0.25, -0.2) is 0 Å². The Morgan fingerprint density at radius 1 is 1.22 bits per heavy atom. The number of rotatable bonds is 3. The zero-order valence-electron chi connectivity index (χ0n) is 9.79. The first-order valence-electron chi connectivity index (χ1n) is 5.17. The van der Waals surface area contributed by atoms with Crippen molar-refractivity contribution in [1.82, 2.24) is 0 Å². The summed E-state index contributed by atoms with van der Waals surface area (Å²) >= 11 is 15.1. The van der Waals surface area contributed by atoms with E-state index in [0.717, 1.165) is 9.09 Å². The van der Waals surface area contributed by atoms with E-state index in [0.29, 0.717) is 21.2 Å². The Bertz CT molecular complexity index is 605. The monoisotopic (exact) mass is 316 g/mol. The van der Waals surface area contributed by atoms with Gasteiger partial charge in [0, 0.05) is 21.0 Å². The van der Waals surface area contributed by atoms with Crippen molar-refractivity contribution in [1.29, 1.82) is 0 Å². The Morgan fingerprint density at radius 3 is 2.56 bits per heavy atom. The molecule has 0 radical (unpaired) electrons. The van der Waals surface area contributed by atoms with Crippen LogP contribution in [0.15, 0.2) is 28.5 Å². The number of thiophene rings is 1. The number of benzene rings is 1. The molecule has 0 amide bonds. The fraction of sp³-hybridized carbons (Fsp3) is 0.154. The third-order valence-corrected chi connectivity index (χ3v) is 5.16. The summed E-state index contributed by atoms with van der Waals surface area (Å²) in [5.74, 6) is -0.0506. The first-order valence-corrected chi connectivity index (χ1v) is 7.97. The molecular formula is C13H10Cl2OS2. The molecule has 0 spiro atoms. The van der Waals surface area contributed by atoms with Crippen molar-refractivity contribution < 1.29 is 4.79 Å². The van der Waals surface area contributed by atoms with Crippen LogP contribution in [0.3, 0.4) is 0 Å². The lowest BCUT2D eigenvalue weighted by atomic mass is 10.1. The molecule has 2 rings (SSSR count). The van der Waals surface area contributed by atoms with Gasteiger partial charge in [0.15, 0.2) is 5.78 Å². The van der Waals surface area contributed by atoms with Crippen LogP contribution in [0.5, 0.6) is 0 Å². The number of halogens is 2. The second-order valence-electron chi connectivity index (χ2n) is 3.72. The first kappa shape index (κ1) is 13.9. The molecule has 0 aliphatic heterocycles. The van der Waals surface area contributed by atoms with Crippen LogP contribution < -0.4 is 0 Å². The molecule has 0 saturated carbocycles. The van der Waals surface area contributed by atoms with E-state index in [2.05, 4.69) is 0 Å². The minimum Gasteiger partial charge on any atom is -0.288 e. The fourth-order valence-corrected chi connectivity index (χ4v) is 3.95. The highest BCUT2D eigenvalue weighted by Crippen LogP contribution is 2.33. The lowest BCUT2D eigenvalue weighted by Gasteiger charge is -2.04. The Kier molecular flexibility index (Phi) is 4.38. The molecule has 1 aromatic carbocycles. The van der Waals surface area contributed by atoms with Crippen LogP contribution in [-0.2, 0) is 0 Å². The van der Waals surface area contributed by atoms with Crippen molar-refractivity contribution in [3.05, 3.63) is 50.3 Å². The van der Waals surface area contributed by atoms with Gasteiger partial charge in [-0.3, -0.25) is 4.79 Å². The molecule has 1 nitrogen and oxygen atoms in total. The lowest BCUT2D eigenvalue weighted by molar-refractivity contribution is 0.103. The summed E-state index contributed by atoms with van der Waals surface area (Å²) in [7, 11) is 0. The van der Waals surface area contributed by atoms with Gasteiger partial charge in [-0.15, -0.1) is 23.1 Å². The standard InChI is InChI=1S/C13H10Cl2OS2/c1-7-5-10(13(17-2)18-7)12(16)9-4-3-8(14)6-11(9)15/h3-6H,1-2H3. The van der Waals surface area contributed by atoms with E-state index in [-0.39, 0.29) is 5.78 Å². The van der Waals surface area contributed by atoms with Crippen LogP contribution in [0, 0.1) is 6.92 Å². The van der Waals surface area contributed by atoms with Gasteiger partial charge in [0.1, 0.15) is 0 Å². The highest BCUT2D eigenvalue weighted by molar-refractivity contribution is 8.00. The third kappa shape index (κ3) is 2.75. The van der Waals surface area contributed by atoms with Crippen molar-refractivity contribution in [3.8, 4) is 0 Å². The van der Waals surface area contributed by atoms with Crippen molar-refractivity contribution >= 4 is 52.1 Å². The Hall–Kier alpha value is -0.480. The van der Waals surface area contributed by atoms with E-state index in [1.54, 1.807) is 41.3 Å². The lowest BCUT2D eigenvalue weighted by Crippen LogP contribution is -2.01. The number of carbonyl (C=O) groups is 1. The van der Waals surface area contributed by atoms with E-state index >= 15 is 0 Å². The predicted octanol–water partition coefficient (Wildman–Crippen LogP) is 5.32. The van der Waals surface area contributed by atoms with Crippen molar-refractivity contribution in [2.75, 3.05) is 6.26 Å². The SMILES string of the molecule is CSc1sc(C)cc1C(=O)c1ccc(Cl)cc1Cl. The van der Waals surface area contributed by atoms with E-state index in [1.165, 1.54) is 0 Å². The van der Waals surface area contributed by atoms with Gasteiger partial charge >= 0.3 is 0 Å². The van der Waals surface area contributed by atoms with E-state index in [9.17, 15) is 4.79 Å². The van der Waals surface area contributed by atoms with Crippen LogP contribution in [0.1, 0.15) is 20.8 Å². The number of thioether (sulfide) groups is 1. The van der Waals surface area contributed by atoms with Gasteiger partial charge in [-0.05, 0) is 37.4 Å². The summed E-state index contributed by atoms with van der Waals surface area (Å²) < 4.78 is 1.02. The first-order chi connectivity index (χ1) is 8.52. The van der Waals surface area contributed by atoms with Crippen molar-refractivity contribution in [2.24, 2.45) is 0 Å². The molecule has 0 saturated heterocycles. The Balaban J connectivity index is 2.47. The van der Waals surface area contributed by atoms with E-state index < -0.39 is 0 Å². The van der Waals surface area contributed by atoms with Crippen LogP contribution in [0.4, 0.5) is 0 Å². The maximum atomic E-state index is 12.4. The molecule has 1 aromatic heterocycles. The summed E-state index contributed by atoms with van der Waals surface area (Å²) in [4.78, 5) is 13.6. The minimum absolute atomic E-state index is 0.0506. The molecule has 0 aliphatic carbocycles. The summed E-state index contributed by atoms with van der Waals surface area (Å²) in [5, 5.41) is 0.923. The summed E-state index contributed by atoms with van der Waals surface area (Å²) in [6, 6.07) is 6.85. The van der Waals surface area contributed by atoms with Gasteiger partial charge in [-0.2, -0.15) is 0 Å². The maximum Gasteiger partial charge on any atom is 0.196 e. The molecule has 0 bridgehead atoms. The third-order valence-electron chi connectivity index (χ3n) is 2.43. The molecule has 2 aromatic rings. The highest BCUT2D eigenvalue weighted by Gasteiger charge is 2.18. The van der Waals surface area contributed by atoms with E-state index in [1.807, 2.05) is 19.2 Å². The molecule has 0 atom stereocenters. The molecule has 0 unspecified atom stereocenters. The van der Waals surface area contributed by atoms with Crippen LogP contribution in [-0.4, -0.2) is 12.0 Å². The number of hydrogen-bond acceptors (Lipinski definition) is 3. The Morgan fingerprint density at radius 2 is 1.94 bits per heavy atom. The van der Waals surface area contributed by atoms with Crippen molar-refractivity contribution in [3.63, 3.8) is 0 Å². The average molecular weight is 317 g/mol. The molecule has 94 valence electrons. The summed E-state index contributed by atoms with van der Waals surface area (Å²) in [5.41, 5.74) is 1.21. The summed E-state index contributed by atoms with van der Waals surface area (Å²) in [6.07, 6.45) is 1.96. The number of carbonyl (C=O) groups excluding carboxylic acids is 1. The van der Waals surface area contributed by atoms with Gasteiger partial charge < -0.3 is 0 Å². The highest BCUT2D eigenvalue weighted by atomic mass is 35.5. The average Bonchev–Trinajstić information content (AvgIpc) is 2.69. The zero-order chi connectivity index (χ0) is 13.3. The molecule has 0 fully saturated rings. The van der Waals surface area contributed by atoms with Gasteiger partial charge in [0.2, 0.25) is 0 Å². The zero-order valence-corrected chi connectivity index (χ0v) is 12.9. The molecule has 5 heteroatoms. The normalized spacial score (nSPS) is 10.7. The van der Waals surface area contributed by atoms with Crippen LogP contribution in [0.2, 0.25) is 10.0 Å². The van der Waals surface area contributed by atoms with Gasteiger partial charge in [0.05, 0.1) is 9.23 Å². The number of hydrogen-bond donors (Lipinski definition) is 0. The quantitative estimate of drug-likeness (QED) is 0.563. The summed E-state index contributed by atoms with van der Waals surface area (Å²) in [6.45, 7) is 1.99. The predicted molar refractivity (Wildman–Crippen MR) is 80.7 cm³/mol. The molecule has 18 heavy (non-hydrogen) atoms. The van der Waals surface area contributed by atoms with Gasteiger partial charge in [0.25, 0.3) is 0 Å². The maximum absolute atomic E-state index is 12.4. The van der Waals surface area contributed by atoms with Crippen LogP contribution in [0.25, 0.3) is 0 Å². The smallest absolute Gasteiger partial charge is 0.196 e.